The average Bonchev–Trinajstić information content (AvgIpc) is 3.28. The first-order valence-corrected chi connectivity index (χ1v) is 7.71. The van der Waals surface area contributed by atoms with E-state index in [1.54, 1.807) is 6.33 Å². The molecule has 4 heterocycles. The summed E-state index contributed by atoms with van der Waals surface area (Å²) in [5.74, 6) is 0.969. The number of ether oxygens (including phenoxy) is 2. The molecule has 1 fully saturated rings. The summed E-state index contributed by atoms with van der Waals surface area (Å²) in [5, 5.41) is 8.45. The smallest absolute Gasteiger partial charge is 0.251 e. The third-order valence-electron chi connectivity index (χ3n) is 4.29. The number of hydrogen-bond donors (Lipinski definition) is 0. The molecule has 0 radical (unpaired) electrons. The Morgan fingerprint density at radius 3 is 3.04 bits per heavy atom. The molecular formula is C16H18N4O3. The van der Waals surface area contributed by atoms with Crippen molar-refractivity contribution in [2.45, 2.75) is 25.9 Å². The maximum absolute atomic E-state index is 5.95. The molecule has 0 aromatic carbocycles. The Bertz CT molecular complexity index is 833. The SMILES string of the molecule is CCOC1(c2nnc(-c3ccc4cncn4c3C)o2)CCOC1. The van der Waals surface area contributed by atoms with E-state index in [1.165, 1.54) is 0 Å². The van der Waals surface area contributed by atoms with Crippen LogP contribution in [0.15, 0.2) is 29.1 Å². The van der Waals surface area contributed by atoms with E-state index in [2.05, 4.69) is 15.2 Å². The third kappa shape index (κ3) is 2.24. The van der Waals surface area contributed by atoms with Crippen molar-refractivity contribution in [2.75, 3.05) is 19.8 Å². The number of hydrogen-bond acceptors (Lipinski definition) is 6. The number of fused-ring (bicyclic) bond motifs is 1. The summed E-state index contributed by atoms with van der Waals surface area (Å²) in [7, 11) is 0. The van der Waals surface area contributed by atoms with Crippen LogP contribution in [0.5, 0.6) is 0 Å². The molecule has 0 N–H and O–H groups in total. The summed E-state index contributed by atoms with van der Waals surface area (Å²) in [4.78, 5) is 4.16. The minimum atomic E-state index is -0.618. The van der Waals surface area contributed by atoms with Gasteiger partial charge in [-0.2, -0.15) is 0 Å². The predicted molar refractivity (Wildman–Crippen MR) is 82.0 cm³/mol. The first-order valence-electron chi connectivity index (χ1n) is 7.71. The number of nitrogens with zero attached hydrogens (tertiary/aromatic N) is 4. The summed E-state index contributed by atoms with van der Waals surface area (Å²) >= 11 is 0. The Balaban J connectivity index is 1.75. The second kappa shape index (κ2) is 5.43. The van der Waals surface area contributed by atoms with Crippen LogP contribution in [0.1, 0.15) is 24.9 Å². The fraction of sp³-hybridized carbons (Fsp3) is 0.438. The molecule has 0 bridgehead atoms. The molecule has 7 nitrogen and oxygen atoms in total. The van der Waals surface area contributed by atoms with Gasteiger partial charge < -0.3 is 18.3 Å². The topological polar surface area (TPSA) is 74.7 Å². The van der Waals surface area contributed by atoms with E-state index in [0.717, 1.165) is 23.2 Å². The van der Waals surface area contributed by atoms with E-state index in [1.807, 2.05) is 36.6 Å². The standard InChI is InChI=1S/C16H18N4O3/c1-3-22-16(6-7-21-9-16)15-19-18-14(23-15)13-5-4-12-8-17-10-20(12)11(13)2/h4-5,8,10H,3,6-7,9H2,1-2H3. The Morgan fingerprint density at radius 2 is 2.26 bits per heavy atom. The van der Waals surface area contributed by atoms with E-state index in [-0.39, 0.29) is 0 Å². The van der Waals surface area contributed by atoms with Crippen LogP contribution in [0.4, 0.5) is 0 Å². The van der Waals surface area contributed by atoms with Crippen LogP contribution < -0.4 is 0 Å². The van der Waals surface area contributed by atoms with Crippen molar-refractivity contribution in [2.24, 2.45) is 0 Å². The molecule has 23 heavy (non-hydrogen) atoms. The molecule has 1 saturated heterocycles. The van der Waals surface area contributed by atoms with Gasteiger partial charge in [0.2, 0.25) is 5.89 Å². The van der Waals surface area contributed by atoms with Gasteiger partial charge in [-0.25, -0.2) is 4.98 Å². The predicted octanol–water partition coefficient (Wildman–Crippen LogP) is 2.34. The van der Waals surface area contributed by atoms with Gasteiger partial charge in [-0.3, -0.25) is 0 Å². The molecule has 0 spiro atoms. The number of rotatable bonds is 4. The molecule has 3 aromatic heterocycles. The summed E-state index contributed by atoms with van der Waals surface area (Å²) < 4.78 is 19.3. The highest BCUT2D eigenvalue weighted by molar-refractivity contribution is 5.61. The summed E-state index contributed by atoms with van der Waals surface area (Å²) in [6, 6.07) is 3.96. The maximum atomic E-state index is 5.95. The Morgan fingerprint density at radius 1 is 1.35 bits per heavy atom. The van der Waals surface area contributed by atoms with Gasteiger partial charge >= 0.3 is 0 Å². The molecule has 0 saturated carbocycles. The zero-order valence-corrected chi connectivity index (χ0v) is 13.2. The lowest BCUT2D eigenvalue weighted by Crippen LogP contribution is -2.30. The lowest BCUT2D eigenvalue weighted by Gasteiger charge is -2.22. The normalized spacial score (nSPS) is 21.3. The number of imidazole rings is 1. The molecule has 1 atom stereocenters. The molecule has 1 aliphatic rings. The highest BCUT2D eigenvalue weighted by atomic mass is 16.6. The molecule has 120 valence electrons. The number of aryl methyl sites for hydroxylation is 1. The fourth-order valence-electron chi connectivity index (χ4n) is 3.04. The van der Waals surface area contributed by atoms with Gasteiger partial charge in [0.15, 0.2) is 5.60 Å². The maximum Gasteiger partial charge on any atom is 0.251 e. The van der Waals surface area contributed by atoms with Crippen molar-refractivity contribution in [3.63, 3.8) is 0 Å². The summed E-state index contributed by atoms with van der Waals surface area (Å²) in [6.45, 7) is 5.61. The second-order valence-electron chi connectivity index (χ2n) is 5.66. The van der Waals surface area contributed by atoms with Gasteiger partial charge in [-0.1, -0.05) is 0 Å². The molecule has 0 aliphatic carbocycles. The third-order valence-corrected chi connectivity index (χ3v) is 4.29. The van der Waals surface area contributed by atoms with Crippen LogP contribution in [0.25, 0.3) is 17.0 Å². The van der Waals surface area contributed by atoms with Gasteiger partial charge in [0.1, 0.15) is 0 Å². The molecule has 0 amide bonds. The minimum absolute atomic E-state index is 0.446. The zero-order chi connectivity index (χ0) is 15.9. The van der Waals surface area contributed by atoms with Crippen LogP contribution in [0.2, 0.25) is 0 Å². The van der Waals surface area contributed by atoms with E-state index >= 15 is 0 Å². The Labute approximate surface area is 133 Å². The van der Waals surface area contributed by atoms with E-state index in [4.69, 9.17) is 13.9 Å². The molecule has 4 rings (SSSR count). The lowest BCUT2D eigenvalue weighted by atomic mass is 10.0. The zero-order valence-electron chi connectivity index (χ0n) is 13.2. The lowest BCUT2D eigenvalue weighted by molar-refractivity contribution is -0.0657. The van der Waals surface area contributed by atoms with Crippen LogP contribution in [0.3, 0.4) is 0 Å². The first-order chi connectivity index (χ1) is 11.2. The van der Waals surface area contributed by atoms with E-state index in [0.29, 0.717) is 31.6 Å². The van der Waals surface area contributed by atoms with Crippen molar-refractivity contribution < 1.29 is 13.9 Å². The minimum Gasteiger partial charge on any atom is -0.417 e. The van der Waals surface area contributed by atoms with Gasteiger partial charge in [0.05, 0.1) is 36.8 Å². The van der Waals surface area contributed by atoms with Crippen LogP contribution >= 0.6 is 0 Å². The van der Waals surface area contributed by atoms with Gasteiger partial charge in [0.25, 0.3) is 5.89 Å². The fourth-order valence-corrected chi connectivity index (χ4v) is 3.04. The van der Waals surface area contributed by atoms with Crippen molar-refractivity contribution in [1.29, 1.82) is 0 Å². The number of aromatic nitrogens is 4. The van der Waals surface area contributed by atoms with Crippen molar-refractivity contribution >= 4 is 5.52 Å². The number of pyridine rings is 1. The highest BCUT2D eigenvalue weighted by Crippen LogP contribution is 2.35. The van der Waals surface area contributed by atoms with Gasteiger partial charge in [-0.05, 0) is 26.0 Å². The molecular weight excluding hydrogens is 296 g/mol. The molecule has 3 aromatic rings. The van der Waals surface area contributed by atoms with Crippen molar-refractivity contribution in [3.05, 3.63) is 36.2 Å². The molecule has 1 unspecified atom stereocenters. The van der Waals surface area contributed by atoms with Crippen LogP contribution in [-0.4, -0.2) is 39.4 Å². The molecule has 7 heteroatoms. The van der Waals surface area contributed by atoms with Crippen molar-refractivity contribution in [3.8, 4) is 11.5 Å². The Kier molecular flexibility index (Phi) is 3.39. The average molecular weight is 314 g/mol. The van der Waals surface area contributed by atoms with E-state index in [9.17, 15) is 0 Å². The first kappa shape index (κ1) is 14.3. The summed E-state index contributed by atoms with van der Waals surface area (Å²) in [5.41, 5.74) is 2.30. The van der Waals surface area contributed by atoms with Gasteiger partial charge in [-0.15, -0.1) is 10.2 Å². The van der Waals surface area contributed by atoms with E-state index < -0.39 is 5.60 Å². The largest absolute Gasteiger partial charge is 0.417 e. The molecule has 1 aliphatic heterocycles. The highest BCUT2D eigenvalue weighted by Gasteiger charge is 2.43. The summed E-state index contributed by atoms with van der Waals surface area (Å²) in [6.07, 6.45) is 4.32. The van der Waals surface area contributed by atoms with Gasteiger partial charge in [0, 0.05) is 18.7 Å². The second-order valence-corrected chi connectivity index (χ2v) is 5.66. The van der Waals surface area contributed by atoms with Crippen LogP contribution in [0, 0.1) is 6.92 Å². The monoisotopic (exact) mass is 314 g/mol. The van der Waals surface area contributed by atoms with Crippen LogP contribution in [-0.2, 0) is 15.1 Å². The quantitative estimate of drug-likeness (QED) is 0.736. The Hall–Kier alpha value is -2.25. The van der Waals surface area contributed by atoms with Crippen molar-refractivity contribution in [1.82, 2.24) is 19.6 Å².